The summed E-state index contributed by atoms with van der Waals surface area (Å²) in [5, 5.41) is 0. The van der Waals surface area contributed by atoms with E-state index in [1.54, 1.807) is 17.0 Å². The fourth-order valence-corrected chi connectivity index (χ4v) is 2.47. The molecule has 0 N–H and O–H groups in total. The molecule has 0 bridgehead atoms. The van der Waals surface area contributed by atoms with Crippen molar-refractivity contribution in [3.8, 4) is 5.75 Å². The summed E-state index contributed by atoms with van der Waals surface area (Å²) in [5.74, 6) is -0.00675. The van der Waals surface area contributed by atoms with Crippen molar-refractivity contribution in [1.29, 1.82) is 0 Å². The van der Waals surface area contributed by atoms with Crippen LogP contribution in [0.1, 0.15) is 10.4 Å². The summed E-state index contributed by atoms with van der Waals surface area (Å²) in [6.45, 7) is 0.805. The van der Waals surface area contributed by atoms with E-state index in [2.05, 4.69) is 0 Å². The fraction of sp³-hybridized carbons (Fsp3) is 0.235. The fourth-order valence-electron chi connectivity index (χ4n) is 2.47. The number of rotatable bonds is 2. The van der Waals surface area contributed by atoms with E-state index in [1.165, 1.54) is 12.1 Å². The smallest absolute Gasteiger partial charge is 0.258 e. The van der Waals surface area contributed by atoms with Crippen LogP contribution < -0.4 is 14.5 Å². The lowest BCUT2D eigenvalue weighted by atomic mass is 10.1. The van der Waals surface area contributed by atoms with Crippen LogP contribution in [-0.4, -0.2) is 33.2 Å². The quantitative estimate of drug-likeness (QED) is 0.855. The Hall–Kier alpha value is -2.56. The summed E-state index contributed by atoms with van der Waals surface area (Å²) >= 11 is 0. The molecular formula is C17H17FN2O2. The molecule has 1 heterocycles. The van der Waals surface area contributed by atoms with Gasteiger partial charge in [0.2, 0.25) is 0 Å². The van der Waals surface area contributed by atoms with Crippen molar-refractivity contribution in [2.24, 2.45) is 0 Å². The zero-order valence-corrected chi connectivity index (χ0v) is 12.5. The summed E-state index contributed by atoms with van der Waals surface area (Å²) in [5.41, 5.74) is 1.99. The molecule has 3 rings (SSSR count). The van der Waals surface area contributed by atoms with Gasteiger partial charge in [0.25, 0.3) is 5.91 Å². The van der Waals surface area contributed by atoms with Crippen molar-refractivity contribution in [2.75, 3.05) is 37.0 Å². The molecule has 0 saturated heterocycles. The Bertz CT molecular complexity index is 716. The van der Waals surface area contributed by atoms with Gasteiger partial charge in [-0.3, -0.25) is 4.79 Å². The van der Waals surface area contributed by atoms with Crippen molar-refractivity contribution < 1.29 is 13.9 Å². The number of hydrogen-bond donors (Lipinski definition) is 0. The predicted molar refractivity (Wildman–Crippen MR) is 84.3 cm³/mol. The Morgan fingerprint density at radius 1 is 1.23 bits per heavy atom. The average molecular weight is 300 g/mol. The Balaban J connectivity index is 1.97. The molecule has 1 aliphatic rings. The topological polar surface area (TPSA) is 32.8 Å². The van der Waals surface area contributed by atoms with Crippen LogP contribution in [0.2, 0.25) is 0 Å². The number of carbonyl (C=O) groups excluding carboxylic acids is 1. The molecule has 0 radical (unpaired) electrons. The maximum atomic E-state index is 13.5. The third kappa shape index (κ3) is 2.62. The second-order valence-corrected chi connectivity index (χ2v) is 5.36. The predicted octanol–water partition coefficient (Wildman–Crippen LogP) is 2.93. The second-order valence-electron chi connectivity index (χ2n) is 5.36. The summed E-state index contributed by atoms with van der Waals surface area (Å²) in [4.78, 5) is 16.3. The first-order valence-corrected chi connectivity index (χ1v) is 7.08. The van der Waals surface area contributed by atoms with E-state index in [0.29, 0.717) is 30.2 Å². The first-order valence-electron chi connectivity index (χ1n) is 7.08. The first kappa shape index (κ1) is 14.4. The second kappa shape index (κ2) is 5.67. The van der Waals surface area contributed by atoms with Gasteiger partial charge in [-0.15, -0.1) is 0 Å². The third-order valence-corrected chi connectivity index (χ3v) is 3.64. The summed E-state index contributed by atoms with van der Waals surface area (Å²) in [7, 11) is 3.84. The highest BCUT2D eigenvalue weighted by molar-refractivity contribution is 6.07. The minimum Gasteiger partial charge on any atom is -0.490 e. The van der Waals surface area contributed by atoms with E-state index in [4.69, 9.17) is 4.74 Å². The van der Waals surface area contributed by atoms with Gasteiger partial charge >= 0.3 is 0 Å². The molecule has 0 spiro atoms. The normalized spacial score (nSPS) is 13.3. The minimum absolute atomic E-state index is 0.154. The molecule has 0 fully saturated rings. The number of fused-ring (bicyclic) bond motifs is 1. The summed E-state index contributed by atoms with van der Waals surface area (Å²) < 4.78 is 19.0. The molecule has 0 atom stereocenters. The lowest BCUT2D eigenvalue weighted by molar-refractivity contribution is 0.0976. The van der Waals surface area contributed by atoms with Gasteiger partial charge in [-0.2, -0.15) is 0 Å². The molecule has 4 nitrogen and oxygen atoms in total. The molecule has 22 heavy (non-hydrogen) atoms. The van der Waals surface area contributed by atoms with Gasteiger partial charge in [-0.05, 0) is 30.3 Å². The van der Waals surface area contributed by atoms with Gasteiger partial charge < -0.3 is 14.5 Å². The van der Waals surface area contributed by atoms with Crippen LogP contribution in [0.15, 0.2) is 42.5 Å². The maximum absolute atomic E-state index is 13.5. The number of ether oxygens (including phenoxy) is 1. The summed E-state index contributed by atoms with van der Waals surface area (Å²) in [6, 6.07) is 11.6. The maximum Gasteiger partial charge on any atom is 0.258 e. The van der Waals surface area contributed by atoms with E-state index < -0.39 is 0 Å². The Labute approximate surface area is 128 Å². The number of carbonyl (C=O) groups is 1. The zero-order chi connectivity index (χ0) is 15.7. The molecule has 0 saturated carbocycles. The molecule has 2 aromatic rings. The Kier molecular flexibility index (Phi) is 3.71. The number of nitrogens with zero attached hydrogens (tertiary/aromatic N) is 2. The van der Waals surface area contributed by atoms with Crippen LogP contribution >= 0.6 is 0 Å². The number of hydrogen-bond acceptors (Lipinski definition) is 3. The monoisotopic (exact) mass is 300 g/mol. The SMILES string of the molecule is CN(C)c1cccc(C(=O)N2CCOc3ccc(F)cc32)c1. The Morgan fingerprint density at radius 2 is 2.05 bits per heavy atom. The zero-order valence-electron chi connectivity index (χ0n) is 12.5. The van der Waals surface area contributed by atoms with Gasteiger partial charge in [-0.1, -0.05) is 6.07 Å². The van der Waals surface area contributed by atoms with Crippen LogP contribution in [0.5, 0.6) is 5.75 Å². The summed E-state index contributed by atoms with van der Waals surface area (Å²) in [6.07, 6.45) is 0. The van der Waals surface area contributed by atoms with E-state index in [-0.39, 0.29) is 11.7 Å². The van der Waals surface area contributed by atoms with Gasteiger partial charge in [0.05, 0.1) is 12.2 Å². The van der Waals surface area contributed by atoms with Crippen molar-refractivity contribution in [3.63, 3.8) is 0 Å². The van der Waals surface area contributed by atoms with Crippen LogP contribution in [-0.2, 0) is 0 Å². The molecule has 0 unspecified atom stereocenters. The minimum atomic E-state index is -0.385. The molecule has 5 heteroatoms. The van der Waals surface area contributed by atoms with Crippen LogP contribution in [0.4, 0.5) is 15.8 Å². The number of benzene rings is 2. The van der Waals surface area contributed by atoms with Gasteiger partial charge in [-0.25, -0.2) is 4.39 Å². The molecule has 2 aromatic carbocycles. The Morgan fingerprint density at radius 3 is 2.82 bits per heavy atom. The van der Waals surface area contributed by atoms with Crippen LogP contribution in [0.25, 0.3) is 0 Å². The van der Waals surface area contributed by atoms with E-state index in [1.807, 2.05) is 37.2 Å². The standard InChI is InChI=1S/C17H17FN2O2/c1-19(2)14-5-3-4-12(10-14)17(21)20-8-9-22-16-7-6-13(18)11-15(16)20/h3-7,10-11H,8-9H2,1-2H3. The number of halogens is 1. The highest BCUT2D eigenvalue weighted by Gasteiger charge is 2.25. The molecule has 1 amide bonds. The number of amides is 1. The van der Waals surface area contributed by atoms with Crippen molar-refractivity contribution in [3.05, 3.63) is 53.8 Å². The van der Waals surface area contributed by atoms with Gasteiger partial charge in [0.1, 0.15) is 18.2 Å². The lowest BCUT2D eigenvalue weighted by Gasteiger charge is -2.29. The van der Waals surface area contributed by atoms with Gasteiger partial charge in [0.15, 0.2) is 0 Å². The lowest BCUT2D eigenvalue weighted by Crippen LogP contribution is -2.38. The van der Waals surface area contributed by atoms with E-state index in [9.17, 15) is 9.18 Å². The van der Waals surface area contributed by atoms with Gasteiger partial charge in [0, 0.05) is 31.4 Å². The van der Waals surface area contributed by atoms with Crippen molar-refractivity contribution >= 4 is 17.3 Å². The van der Waals surface area contributed by atoms with Crippen LogP contribution in [0.3, 0.4) is 0 Å². The van der Waals surface area contributed by atoms with Crippen molar-refractivity contribution in [2.45, 2.75) is 0 Å². The average Bonchev–Trinajstić information content (AvgIpc) is 2.53. The first-order chi connectivity index (χ1) is 10.6. The molecular weight excluding hydrogens is 283 g/mol. The number of anilines is 2. The molecule has 114 valence electrons. The molecule has 1 aliphatic heterocycles. The molecule has 0 aliphatic carbocycles. The van der Waals surface area contributed by atoms with E-state index >= 15 is 0 Å². The largest absolute Gasteiger partial charge is 0.490 e. The van der Waals surface area contributed by atoms with E-state index in [0.717, 1.165) is 5.69 Å². The highest BCUT2D eigenvalue weighted by Crippen LogP contribution is 2.33. The molecule has 0 aromatic heterocycles. The highest BCUT2D eigenvalue weighted by atomic mass is 19.1. The van der Waals surface area contributed by atoms with Crippen molar-refractivity contribution in [1.82, 2.24) is 0 Å². The van der Waals surface area contributed by atoms with Crippen LogP contribution in [0, 0.1) is 5.82 Å². The third-order valence-electron chi connectivity index (χ3n) is 3.64.